The van der Waals surface area contributed by atoms with E-state index in [9.17, 15) is 0 Å². The monoisotopic (exact) mass is 672 g/mol. The highest BCUT2D eigenvalue weighted by Gasteiger charge is 2.21. The quantitative estimate of drug-likeness (QED) is 0.176. The Morgan fingerprint density at radius 1 is 0.320 bits per heavy atom. The normalized spacial score (nSPS) is 12.0. The maximum absolute atomic E-state index is 2.50. The summed E-state index contributed by atoms with van der Waals surface area (Å²) in [6.45, 7) is 0. The number of benzene rings is 7. The zero-order chi connectivity index (χ0) is 32.8. The van der Waals surface area contributed by atoms with E-state index in [0.29, 0.717) is 0 Å². The molecular weight excluding hydrogens is 645 g/mol. The van der Waals surface area contributed by atoms with Crippen molar-refractivity contribution in [3.05, 3.63) is 170 Å². The van der Waals surface area contributed by atoms with Crippen LogP contribution in [0.5, 0.6) is 0 Å². The van der Waals surface area contributed by atoms with Crippen LogP contribution in [0.2, 0.25) is 0 Å². The summed E-state index contributed by atoms with van der Waals surface area (Å²) in [4.78, 5) is 2.58. The lowest BCUT2D eigenvalue weighted by molar-refractivity contribution is 1.16. The van der Waals surface area contributed by atoms with Gasteiger partial charge in [-0.05, 0) is 87.3 Å². The molecule has 0 aliphatic carbocycles. The molecular formula is C46H28N2S2. The Labute approximate surface area is 296 Å². The molecule has 0 aliphatic heterocycles. The second-order valence-corrected chi connectivity index (χ2v) is 15.1. The summed E-state index contributed by atoms with van der Waals surface area (Å²) in [5.74, 6) is 0. The van der Waals surface area contributed by atoms with Crippen molar-refractivity contribution in [3.8, 4) is 32.3 Å². The zero-order valence-electron chi connectivity index (χ0n) is 26.9. The number of hydrogen-bond acceptors (Lipinski definition) is 2. The summed E-state index contributed by atoms with van der Waals surface area (Å²) >= 11 is 3.81. The fourth-order valence-electron chi connectivity index (χ4n) is 7.75. The predicted octanol–water partition coefficient (Wildman–Crippen LogP) is 13.6. The van der Waals surface area contributed by atoms with Crippen molar-refractivity contribution in [1.29, 1.82) is 0 Å². The van der Waals surface area contributed by atoms with Crippen LogP contribution in [0, 0.1) is 0 Å². The Bertz CT molecular complexity index is 2970. The highest BCUT2D eigenvalue weighted by atomic mass is 32.1. The van der Waals surface area contributed by atoms with Gasteiger partial charge in [-0.3, -0.25) is 0 Å². The van der Waals surface area contributed by atoms with Crippen LogP contribution < -0.4 is 0 Å². The number of rotatable bonds is 4. The molecule has 0 atom stereocenters. The van der Waals surface area contributed by atoms with Gasteiger partial charge >= 0.3 is 0 Å². The van der Waals surface area contributed by atoms with Crippen LogP contribution >= 0.6 is 22.7 Å². The van der Waals surface area contributed by atoms with E-state index in [2.05, 4.69) is 179 Å². The van der Waals surface area contributed by atoms with Crippen molar-refractivity contribution in [1.82, 2.24) is 9.13 Å². The minimum atomic E-state index is 1.17. The van der Waals surface area contributed by atoms with E-state index in [0.717, 1.165) is 0 Å². The molecule has 0 radical (unpaired) electrons. The van der Waals surface area contributed by atoms with Gasteiger partial charge in [0.15, 0.2) is 0 Å². The topological polar surface area (TPSA) is 9.86 Å². The van der Waals surface area contributed by atoms with Crippen molar-refractivity contribution < 1.29 is 0 Å². The van der Waals surface area contributed by atoms with E-state index >= 15 is 0 Å². The van der Waals surface area contributed by atoms with E-state index < -0.39 is 0 Å². The van der Waals surface area contributed by atoms with Crippen LogP contribution in [0.15, 0.2) is 170 Å². The number of para-hydroxylation sites is 2. The maximum atomic E-state index is 2.50. The fourth-order valence-corrected chi connectivity index (χ4v) is 10.2. The summed E-state index contributed by atoms with van der Waals surface area (Å²) in [7, 11) is 0. The van der Waals surface area contributed by atoms with Gasteiger partial charge in [0.25, 0.3) is 0 Å². The predicted molar refractivity (Wildman–Crippen MR) is 217 cm³/mol. The van der Waals surface area contributed by atoms with Gasteiger partial charge in [0.05, 0.1) is 31.5 Å². The molecule has 11 aromatic rings. The van der Waals surface area contributed by atoms with E-state index in [1.807, 2.05) is 22.7 Å². The van der Waals surface area contributed by atoms with E-state index in [-0.39, 0.29) is 0 Å². The van der Waals surface area contributed by atoms with Crippen molar-refractivity contribution in [2.45, 2.75) is 0 Å². The molecule has 0 fully saturated rings. The summed E-state index contributed by atoms with van der Waals surface area (Å²) in [6, 6.07) is 62.3. The molecule has 0 saturated heterocycles. The highest BCUT2D eigenvalue weighted by molar-refractivity contribution is 7.30. The molecule has 0 amide bonds. The Morgan fingerprint density at radius 3 is 1.48 bits per heavy atom. The first-order valence-electron chi connectivity index (χ1n) is 16.9. The molecule has 4 aromatic heterocycles. The third-order valence-corrected chi connectivity index (χ3v) is 12.6. The minimum Gasteiger partial charge on any atom is -0.309 e. The van der Waals surface area contributed by atoms with Crippen LogP contribution in [0.25, 0.3) is 96.0 Å². The van der Waals surface area contributed by atoms with Gasteiger partial charge in [-0.2, -0.15) is 0 Å². The average Bonchev–Trinajstić information content (AvgIpc) is 3.93. The van der Waals surface area contributed by atoms with E-state index in [1.165, 1.54) is 96.0 Å². The van der Waals surface area contributed by atoms with Gasteiger partial charge < -0.3 is 9.13 Å². The van der Waals surface area contributed by atoms with Crippen molar-refractivity contribution in [2.24, 2.45) is 0 Å². The number of nitrogens with zero attached hydrogens (tertiary/aromatic N) is 2. The third kappa shape index (κ3) is 4.19. The van der Waals surface area contributed by atoms with Gasteiger partial charge in [-0.1, -0.05) is 115 Å². The number of hydrogen-bond donors (Lipinski definition) is 0. The average molecular weight is 673 g/mol. The largest absolute Gasteiger partial charge is 0.309 e. The maximum Gasteiger partial charge on any atom is 0.0711 e. The Kier molecular flexibility index (Phi) is 6.03. The smallest absolute Gasteiger partial charge is 0.0711 e. The number of thiophene rings is 2. The first kappa shape index (κ1) is 28.0. The van der Waals surface area contributed by atoms with E-state index in [1.54, 1.807) is 0 Å². The second kappa shape index (κ2) is 10.8. The lowest BCUT2D eigenvalue weighted by Gasteiger charge is -2.10. The first-order valence-corrected chi connectivity index (χ1v) is 18.6. The molecule has 4 heterocycles. The van der Waals surface area contributed by atoms with Crippen molar-refractivity contribution >= 4 is 86.5 Å². The Balaban J connectivity index is 1.18. The van der Waals surface area contributed by atoms with Crippen LogP contribution in [-0.2, 0) is 0 Å². The van der Waals surface area contributed by atoms with Crippen LogP contribution in [0.3, 0.4) is 0 Å². The lowest BCUT2D eigenvalue weighted by atomic mass is 10.1. The molecule has 0 aliphatic rings. The van der Waals surface area contributed by atoms with Crippen LogP contribution in [0.4, 0.5) is 0 Å². The Morgan fingerprint density at radius 2 is 0.840 bits per heavy atom. The molecule has 11 rings (SSSR count). The van der Waals surface area contributed by atoms with Gasteiger partial charge in [0.1, 0.15) is 0 Å². The molecule has 234 valence electrons. The molecule has 0 saturated carbocycles. The second-order valence-electron chi connectivity index (χ2n) is 13.0. The standard InChI is InChI=1S/C46H28N2S2/c1-2-14-35(15-3-1)47-39-17-9-8-16-37(39)38-23-22-36(26-40(38)47)48-41-27-43(33-20-18-29-10-4-6-12-31(29)24-33)49-45(41)46-42(48)28-44(50-46)34-21-19-30-11-5-7-13-32(30)25-34/h1-28H. The Hall–Kier alpha value is -5.94. The molecule has 0 N–H and O–H groups in total. The molecule has 50 heavy (non-hydrogen) atoms. The summed E-state index contributed by atoms with van der Waals surface area (Å²) in [5, 5.41) is 7.60. The molecule has 0 unspecified atom stereocenters. The zero-order valence-corrected chi connectivity index (χ0v) is 28.5. The van der Waals surface area contributed by atoms with E-state index in [4.69, 9.17) is 0 Å². The first-order chi connectivity index (χ1) is 24.8. The molecule has 2 nitrogen and oxygen atoms in total. The number of aromatic nitrogens is 2. The number of fused-ring (bicyclic) bond motifs is 8. The fraction of sp³-hybridized carbons (Fsp3) is 0. The van der Waals surface area contributed by atoms with Crippen LogP contribution in [0.1, 0.15) is 0 Å². The van der Waals surface area contributed by atoms with Gasteiger partial charge in [0.2, 0.25) is 0 Å². The van der Waals surface area contributed by atoms with Crippen molar-refractivity contribution in [3.63, 3.8) is 0 Å². The van der Waals surface area contributed by atoms with Crippen molar-refractivity contribution in [2.75, 3.05) is 0 Å². The van der Waals surface area contributed by atoms with Gasteiger partial charge in [-0.25, -0.2) is 0 Å². The summed E-state index contributed by atoms with van der Waals surface area (Å²) in [5.41, 5.74) is 9.80. The van der Waals surface area contributed by atoms with Crippen LogP contribution in [-0.4, -0.2) is 9.13 Å². The van der Waals surface area contributed by atoms with Gasteiger partial charge in [-0.15, -0.1) is 22.7 Å². The molecule has 4 heteroatoms. The highest BCUT2D eigenvalue weighted by Crippen LogP contribution is 2.47. The molecule has 0 bridgehead atoms. The summed E-state index contributed by atoms with van der Waals surface area (Å²) in [6.07, 6.45) is 0. The molecule has 7 aromatic carbocycles. The van der Waals surface area contributed by atoms with Gasteiger partial charge in [0, 0.05) is 31.9 Å². The summed E-state index contributed by atoms with van der Waals surface area (Å²) < 4.78 is 7.58. The third-order valence-electron chi connectivity index (χ3n) is 10.1. The lowest BCUT2D eigenvalue weighted by Crippen LogP contribution is -1.96. The molecule has 0 spiro atoms. The SMILES string of the molecule is c1ccc(-n2c3ccccc3c3ccc(-n4c5cc(-c6ccc7ccccc7c6)sc5c5sc(-c6ccc7ccccc7c6)cc54)cc32)cc1. The minimum absolute atomic E-state index is 1.17.